The maximum Gasteiger partial charge on any atom is 0.229 e. The molecule has 4 aromatic carbocycles. The lowest BCUT2D eigenvalue weighted by Gasteiger charge is -2.37. The van der Waals surface area contributed by atoms with E-state index in [1.165, 1.54) is 6.20 Å². The summed E-state index contributed by atoms with van der Waals surface area (Å²) < 4.78 is 17.5. The Morgan fingerprint density at radius 1 is 0.840 bits per heavy atom. The number of carbonyl (C=O) groups is 1. The van der Waals surface area contributed by atoms with E-state index in [9.17, 15) is 4.79 Å². The van der Waals surface area contributed by atoms with Gasteiger partial charge in [0.25, 0.3) is 0 Å². The third-order valence-electron chi connectivity index (χ3n) is 10.1. The van der Waals surface area contributed by atoms with E-state index in [4.69, 9.17) is 16.6 Å². The Morgan fingerprint density at radius 3 is 2.06 bits per heavy atom. The molecule has 3 heterocycles. The summed E-state index contributed by atoms with van der Waals surface area (Å²) in [6, 6.07) is 36.6. The van der Waals surface area contributed by atoms with Crippen LogP contribution in [0.2, 0.25) is 5.02 Å². The van der Waals surface area contributed by atoms with Crippen LogP contribution in [0.25, 0.3) is 21.9 Å². The Morgan fingerprint density at radius 2 is 1.46 bits per heavy atom. The van der Waals surface area contributed by atoms with Crippen molar-refractivity contribution in [2.24, 2.45) is 11.8 Å². The number of benzene rings is 4. The molecular weight excluding hydrogens is 645 g/mol. The molecule has 1 amide bonds. The molecule has 0 aliphatic heterocycles. The number of fused-ring (bicyclic) bond motifs is 1. The summed E-state index contributed by atoms with van der Waals surface area (Å²) in [5.41, 5.74) is 5.35. The number of anilines is 1. The molecule has 1 aliphatic carbocycles. The van der Waals surface area contributed by atoms with Gasteiger partial charge in [0.2, 0.25) is 5.91 Å². The number of aromatic nitrogens is 4. The van der Waals surface area contributed by atoms with E-state index < -0.39 is 11.4 Å². The summed E-state index contributed by atoms with van der Waals surface area (Å²) >= 11 is 6.48. The SMILES string of the molecule is Cc1ccncc1-c1cc2cc(NC(=O)C3C(C)C3c3cn(C(c4ccccc4)(c4ccccc4)c4ccccc4)cn3)ncc2c(Cl)c1F. The molecule has 8 heteroatoms. The molecule has 1 saturated carbocycles. The summed E-state index contributed by atoms with van der Waals surface area (Å²) in [6.07, 6.45) is 8.77. The smallest absolute Gasteiger partial charge is 0.229 e. The molecule has 6 nitrogen and oxygen atoms in total. The highest BCUT2D eigenvalue weighted by atomic mass is 35.5. The van der Waals surface area contributed by atoms with Crippen molar-refractivity contribution < 1.29 is 9.18 Å². The van der Waals surface area contributed by atoms with Crippen LogP contribution in [0.5, 0.6) is 0 Å². The van der Waals surface area contributed by atoms with E-state index in [2.05, 4.69) is 106 Å². The number of nitrogens with one attached hydrogen (secondary N) is 1. The molecular formula is C42H33ClFN5O. The second-order valence-electron chi connectivity index (χ2n) is 12.9. The predicted octanol–water partition coefficient (Wildman–Crippen LogP) is 9.42. The van der Waals surface area contributed by atoms with Gasteiger partial charge in [-0.1, -0.05) is 110 Å². The summed E-state index contributed by atoms with van der Waals surface area (Å²) in [4.78, 5) is 27.3. The molecule has 50 heavy (non-hydrogen) atoms. The van der Waals surface area contributed by atoms with E-state index in [1.807, 2.05) is 37.5 Å². The van der Waals surface area contributed by atoms with Crippen molar-refractivity contribution in [3.63, 3.8) is 0 Å². The minimum atomic E-state index is -0.687. The van der Waals surface area contributed by atoms with Crippen LogP contribution in [-0.4, -0.2) is 25.4 Å². The van der Waals surface area contributed by atoms with E-state index in [1.54, 1.807) is 24.5 Å². The number of carbonyl (C=O) groups excluding carboxylic acids is 1. The highest BCUT2D eigenvalue weighted by Crippen LogP contribution is 2.54. The van der Waals surface area contributed by atoms with Gasteiger partial charge in [-0.05, 0) is 58.7 Å². The van der Waals surface area contributed by atoms with Crippen LogP contribution in [0.1, 0.15) is 40.8 Å². The van der Waals surface area contributed by atoms with Crippen molar-refractivity contribution in [2.75, 3.05) is 5.32 Å². The molecule has 0 saturated heterocycles. The minimum Gasteiger partial charge on any atom is -0.319 e. The molecule has 8 rings (SSSR count). The van der Waals surface area contributed by atoms with Gasteiger partial charge in [-0.15, -0.1) is 0 Å². The third-order valence-corrected chi connectivity index (χ3v) is 10.4. The number of imidazole rings is 1. The van der Waals surface area contributed by atoms with Gasteiger partial charge in [-0.25, -0.2) is 14.4 Å². The molecule has 1 aliphatic rings. The van der Waals surface area contributed by atoms with Crippen LogP contribution in [0, 0.1) is 24.6 Å². The zero-order chi connectivity index (χ0) is 34.4. The zero-order valence-corrected chi connectivity index (χ0v) is 28.2. The van der Waals surface area contributed by atoms with Gasteiger partial charge in [0.05, 0.1) is 23.0 Å². The summed E-state index contributed by atoms with van der Waals surface area (Å²) in [7, 11) is 0. The first-order chi connectivity index (χ1) is 24.4. The normalized spacial score (nSPS) is 17.1. The van der Waals surface area contributed by atoms with E-state index >= 15 is 4.39 Å². The quantitative estimate of drug-likeness (QED) is 0.163. The maximum absolute atomic E-state index is 15.4. The van der Waals surface area contributed by atoms with Gasteiger partial charge in [-0.3, -0.25) is 9.78 Å². The van der Waals surface area contributed by atoms with E-state index in [0.29, 0.717) is 27.7 Å². The highest BCUT2D eigenvalue weighted by molar-refractivity contribution is 6.36. The van der Waals surface area contributed by atoms with Gasteiger partial charge < -0.3 is 9.88 Å². The van der Waals surface area contributed by atoms with Gasteiger partial charge in [0.15, 0.2) is 0 Å². The lowest BCUT2D eigenvalue weighted by atomic mass is 9.77. The van der Waals surface area contributed by atoms with Crippen LogP contribution in [0.4, 0.5) is 10.2 Å². The predicted molar refractivity (Wildman–Crippen MR) is 196 cm³/mol. The molecule has 1 N–H and O–H groups in total. The number of hydrogen-bond donors (Lipinski definition) is 1. The number of rotatable bonds is 8. The van der Waals surface area contributed by atoms with Gasteiger partial charge >= 0.3 is 0 Å². The van der Waals surface area contributed by atoms with Gasteiger partial charge in [0, 0.05) is 47.2 Å². The highest BCUT2D eigenvalue weighted by Gasteiger charge is 2.54. The molecule has 0 bridgehead atoms. The Bertz CT molecular complexity index is 2250. The lowest BCUT2D eigenvalue weighted by Crippen LogP contribution is -2.36. The lowest BCUT2D eigenvalue weighted by molar-refractivity contribution is -0.117. The Kier molecular flexibility index (Phi) is 8.00. The second kappa shape index (κ2) is 12.7. The molecule has 7 aromatic rings. The van der Waals surface area contributed by atoms with E-state index in [-0.39, 0.29) is 28.7 Å². The molecule has 3 unspecified atom stereocenters. The third kappa shape index (κ3) is 5.26. The summed E-state index contributed by atoms with van der Waals surface area (Å²) in [5.74, 6) is -0.582. The monoisotopic (exact) mass is 677 g/mol. The summed E-state index contributed by atoms with van der Waals surface area (Å²) in [6.45, 7) is 3.97. The van der Waals surface area contributed by atoms with Crippen molar-refractivity contribution in [1.29, 1.82) is 0 Å². The molecule has 246 valence electrons. The molecule has 1 fully saturated rings. The largest absolute Gasteiger partial charge is 0.319 e. The minimum absolute atomic E-state index is 0.0184. The second-order valence-corrected chi connectivity index (χ2v) is 13.3. The molecule has 3 atom stereocenters. The van der Waals surface area contributed by atoms with E-state index in [0.717, 1.165) is 27.9 Å². The summed E-state index contributed by atoms with van der Waals surface area (Å²) in [5, 5.41) is 4.13. The Balaban J connectivity index is 1.11. The van der Waals surface area contributed by atoms with Gasteiger partial charge in [0.1, 0.15) is 17.2 Å². The Labute approximate surface area is 294 Å². The first-order valence-corrected chi connectivity index (χ1v) is 17.0. The van der Waals surface area contributed by atoms with Crippen LogP contribution in [0.15, 0.2) is 140 Å². The zero-order valence-electron chi connectivity index (χ0n) is 27.5. The van der Waals surface area contributed by atoms with Crippen molar-refractivity contribution in [2.45, 2.75) is 25.3 Å². The van der Waals surface area contributed by atoms with Crippen LogP contribution in [-0.2, 0) is 10.3 Å². The maximum atomic E-state index is 15.4. The number of nitrogens with zero attached hydrogens (tertiary/aromatic N) is 4. The average molecular weight is 678 g/mol. The number of halogens is 2. The van der Waals surface area contributed by atoms with Crippen LogP contribution in [0.3, 0.4) is 0 Å². The number of pyridine rings is 2. The van der Waals surface area contributed by atoms with Gasteiger partial charge in [-0.2, -0.15) is 0 Å². The van der Waals surface area contributed by atoms with Crippen LogP contribution >= 0.6 is 11.6 Å². The number of aryl methyl sites for hydroxylation is 1. The fourth-order valence-corrected chi connectivity index (χ4v) is 7.71. The van der Waals surface area contributed by atoms with Crippen molar-refractivity contribution in [3.8, 4) is 11.1 Å². The fraction of sp³-hybridized carbons (Fsp3) is 0.143. The standard InChI is InChI=1S/C42H33ClFN5O/c1-26-18-19-45-22-33(26)32-20-28-21-36(46-23-34(28)39(43)40(32)44)48-41(50)38-27(2)37(38)35-24-49(25-47-35)42(29-12-6-3-7-13-29,30-14-8-4-9-15-30)31-16-10-5-11-17-31/h3-25,27,37-38H,1-2H3,(H,46,48,50). The van der Waals surface area contributed by atoms with Crippen molar-refractivity contribution in [3.05, 3.63) is 179 Å². The first-order valence-electron chi connectivity index (χ1n) is 16.6. The topological polar surface area (TPSA) is 72.7 Å². The average Bonchev–Trinajstić information content (AvgIpc) is 3.58. The Hall–Kier alpha value is -5.66. The molecule has 0 spiro atoms. The van der Waals surface area contributed by atoms with Crippen LogP contribution < -0.4 is 5.32 Å². The number of amides is 1. The fourth-order valence-electron chi connectivity index (χ4n) is 7.45. The molecule has 3 aromatic heterocycles. The van der Waals surface area contributed by atoms with Crippen molar-refractivity contribution in [1.82, 2.24) is 19.5 Å². The first kappa shape index (κ1) is 31.6. The molecule has 0 radical (unpaired) electrons. The van der Waals surface area contributed by atoms with Crippen molar-refractivity contribution >= 4 is 34.1 Å². The number of hydrogen-bond acceptors (Lipinski definition) is 4.